The number of amides is 3. The van der Waals surface area contributed by atoms with Gasteiger partial charge in [0.15, 0.2) is 0 Å². The third kappa shape index (κ3) is 5.89. The normalized spacial score (nSPS) is 21.6. The van der Waals surface area contributed by atoms with Crippen LogP contribution in [0, 0.1) is 5.41 Å². The minimum Gasteiger partial charge on any atom is -0.391 e. The highest BCUT2D eigenvalue weighted by molar-refractivity contribution is 5.92. The van der Waals surface area contributed by atoms with Crippen LogP contribution in [0.15, 0.2) is 30.6 Å². The summed E-state index contributed by atoms with van der Waals surface area (Å²) in [6, 6.07) is 3.53. The lowest BCUT2D eigenvalue weighted by Crippen LogP contribution is -2.51. The smallest absolute Gasteiger partial charge is 0.248 e. The summed E-state index contributed by atoms with van der Waals surface area (Å²) in [6.45, 7) is 7.40. The average molecular weight is 498 g/mol. The first kappa shape index (κ1) is 25.7. The maximum atomic E-state index is 13.7. The Balaban J connectivity index is 1.41. The fourth-order valence-electron chi connectivity index (χ4n) is 4.61. The van der Waals surface area contributed by atoms with E-state index < -0.39 is 29.5 Å². The Labute approximate surface area is 210 Å². The molecule has 2 aromatic heterocycles. The van der Waals surface area contributed by atoms with Crippen LogP contribution >= 0.6 is 0 Å². The van der Waals surface area contributed by atoms with Crippen molar-refractivity contribution in [2.75, 3.05) is 13.1 Å². The molecule has 4 atom stereocenters. The van der Waals surface area contributed by atoms with Gasteiger partial charge in [-0.05, 0) is 37.3 Å². The number of pyridine rings is 1. The van der Waals surface area contributed by atoms with Gasteiger partial charge < -0.3 is 20.6 Å². The van der Waals surface area contributed by atoms with Crippen molar-refractivity contribution in [3.05, 3.63) is 42.0 Å². The van der Waals surface area contributed by atoms with Crippen molar-refractivity contribution >= 4 is 17.7 Å². The molecule has 3 N–H and O–H groups in total. The molecule has 11 nitrogen and oxygen atoms in total. The molecule has 3 heterocycles. The second-order valence-corrected chi connectivity index (χ2v) is 10.8. The molecular weight excluding hydrogens is 462 g/mol. The molecule has 2 aliphatic rings. The van der Waals surface area contributed by atoms with Gasteiger partial charge in [0.2, 0.25) is 17.7 Å². The zero-order valence-corrected chi connectivity index (χ0v) is 21.2. The SMILES string of the molecule is CC(NC(=O)CNC(=O)[C@@H]1C[C@@H](O)CN1C(=O)[C@@H](n1cc(C2CC2)nn1)C(C)(C)C)c1ccccn1. The zero-order valence-electron chi connectivity index (χ0n) is 21.2. The first-order valence-electron chi connectivity index (χ1n) is 12.4. The molecule has 36 heavy (non-hydrogen) atoms. The van der Waals surface area contributed by atoms with Gasteiger partial charge in [-0.25, -0.2) is 4.68 Å². The summed E-state index contributed by atoms with van der Waals surface area (Å²) in [5.41, 5.74) is 1.07. The fraction of sp³-hybridized carbons (Fsp3) is 0.600. The third-order valence-electron chi connectivity index (χ3n) is 6.64. The van der Waals surface area contributed by atoms with Gasteiger partial charge in [-0.15, -0.1) is 5.10 Å². The Kier molecular flexibility index (Phi) is 7.39. The topological polar surface area (TPSA) is 142 Å². The van der Waals surface area contributed by atoms with Gasteiger partial charge in [0.25, 0.3) is 0 Å². The van der Waals surface area contributed by atoms with Crippen LogP contribution < -0.4 is 10.6 Å². The maximum Gasteiger partial charge on any atom is 0.248 e. The zero-order chi connectivity index (χ0) is 26.0. The minimum absolute atomic E-state index is 0.0383. The van der Waals surface area contributed by atoms with E-state index in [-0.39, 0.29) is 37.4 Å². The number of aliphatic hydroxyl groups is 1. The standard InChI is InChI=1S/C25H35N7O4/c1-15(18-7-5-6-10-26-18)28-21(34)12-27-23(35)20-11-17(33)13-31(20)24(36)22(25(2,3)4)32-14-19(29-30-32)16-8-9-16/h5-7,10,14-17,20,22,33H,8-9,11-13H2,1-4H3,(H,27,35)(H,28,34)/t15?,17-,20+,22-/m1/s1. The quantitative estimate of drug-likeness (QED) is 0.496. The molecule has 0 spiro atoms. The highest BCUT2D eigenvalue weighted by Gasteiger charge is 2.45. The van der Waals surface area contributed by atoms with Gasteiger partial charge in [-0.3, -0.25) is 19.4 Å². The number of carbonyl (C=O) groups excluding carboxylic acids is 3. The van der Waals surface area contributed by atoms with Gasteiger partial charge in [0.05, 0.1) is 30.1 Å². The number of carbonyl (C=O) groups is 3. The fourth-order valence-corrected chi connectivity index (χ4v) is 4.61. The van der Waals surface area contributed by atoms with Gasteiger partial charge in [0.1, 0.15) is 12.1 Å². The first-order valence-corrected chi connectivity index (χ1v) is 12.4. The van der Waals surface area contributed by atoms with Crippen LogP contribution in [0.2, 0.25) is 0 Å². The van der Waals surface area contributed by atoms with Crippen molar-refractivity contribution in [1.82, 2.24) is 35.5 Å². The average Bonchev–Trinajstić information content (AvgIpc) is 3.44. The van der Waals surface area contributed by atoms with Crippen molar-refractivity contribution in [3.63, 3.8) is 0 Å². The lowest BCUT2D eigenvalue weighted by atomic mass is 9.85. The number of hydrogen-bond acceptors (Lipinski definition) is 7. The van der Waals surface area contributed by atoms with E-state index in [1.165, 1.54) is 4.90 Å². The number of rotatable bonds is 8. The molecule has 1 saturated carbocycles. The first-order chi connectivity index (χ1) is 17.0. The summed E-state index contributed by atoms with van der Waals surface area (Å²) in [5, 5.41) is 24.2. The second kappa shape index (κ2) is 10.3. The van der Waals surface area contributed by atoms with Crippen LogP contribution in [0.1, 0.15) is 76.3 Å². The van der Waals surface area contributed by atoms with Crippen molar-refractivity contribution < 1.29 is 19.5 Å². The number of nitrogens with one attached hydrogen (secondary N) is 2. The van der Waals surface area contributed by atoms with Gasteiger partial charge in [-0.1, -0.05) is 32.1 Å². The molecule has 11 heteroatoms. The van der Waals surface area contributed by atoms with E-state index in [1.54, 1.807) is 29.9 Å². The number of likely N-dealkylation sites (tertiary alicyclic amines) is 1. The second-order valence-electron chi connectivity index (χ2n) is 10.8. The van der Waals surface area contributed by atoms with E-state index in [1.807, 2.05) is 33.0 Å². The molecule has 1 aliphatic carbocycles. The predicted molar refractivity (Wildman–Crippen MR) is 130 cm³/mol. The molecule has 0 radical (unpaired) electrons. The molecule has 0 bridgehead atoms. The van der Waals surface area contributed by atoms with E-state index >= 15 is 0 Å². The number of aliphatic hydroxyl groups excluding tert-OH is 1. The molecule has 2 aromatic rings. The monoisotopic (exact) mass is 497 g/mol. The highest BCUT2D eigenvalue weighted by Crippen LogP contribution is 2.40. The van der Waals surface area contributed by atoms with E-state index in [0.29, 0.717) is 11.6 Å². The highest BCUT2D eigenvalue weighted by atomic mass is 16.3. The van der Waals surface area contributed by atoms with E-state index in [2.05, 4.69) is 25.9 Å². The molecular formula is C25H35N7O4. The summed E-state index contributed by atoms with van der Waals surface area (Å²) in [5.74, 6) is -0.765. The molecule has 1 saturated heterocycles. The van der Waals surface area contributed by atoms with Crippen molar-refractivity contribution in [3.8, 4) is 0 Å². The largest absolute Gasteiger partial charge is 0.391 e. The molecule has 0 aromatic carbocycles. The van der Waals surface area contributed by atoms with Crippen LogP contribution in [0.4, 0.5) is 0 Å². The van der Waals surface area contributed by atoms with Gasteiger partial charge in [0, 0.05) is 31.3 Å². The lowest BCUT2D eigenvalue weighted by molar-refractivity contribution is -0.144. The van der Waals surface area contributed by atoms with E-state index in [4.69, 9.17) is 0 Å². The molecule has 3 amide bonds. The Morgan fingerprint density at radius 1 is 1.22 bits per heavy atom. The number of β-amino-alcohol motifs (C(OH)–C–C–N with tert-alkyl or cyclic N) is 1. The molecule has 194 valence electrons. The Morgan fingerprint density at radius 2 is 1.97 bits per heavy atom. The minimum atomic E-state index is -0.884. The van der Waals surface area contributed by atoms with Crippen LogP contribution in [0.5, 0.6) is 0 Å². The van der Waals surface area contributed by atoms with Crippen LogP contribution in [0.25, 0.3) is 0 Å². The Morgan fingerprint density at radius 3 is 2.61 bits per heavy atom. The van der Waals surface area contributed by atoms with Crippen molar-refractivity contribution in [2.24, 2.45) is 5.41 Å². The summed E-state index contributed by atoms with van der Waals surface area (Å²) in [6.07, 6.45) is 4.88. The van der Waals surface area contributed by atoms with E-state index in [9.17, 15) is 19.5 Å². The van der Waals surface area contributed by atoms with Crippen molar-refractivity contribution in [2.45, 2.75) is 77.1 Å². The number of aromatic nitrogens is 4. The Bertz CT molecular complexity index is 1090. The maximum absolute atomic E-state index is 13.7. The van der Waals surface area contributed by atoms with E-state index in [0.717, 1.165) is 18.5 Å². The summed E-state index contributed by atoms with van der Waals surface area (Å²) in [7, 11) is 0. The van der Waals surface area contributed by atoms with Gasteiger partial charge in [-0.2, -0.15) is 0 Å². The number of nitrogens with zero attached hydrogens (tertiary/aromatic N) is 5. The van der Waals surface area contributed by atoms with Crippen LogP contribution in [-0.4, -0.2) is 72.9 Å². The molecule has 2 fully saturated rings. The predicted octanol–water partition coefficient (Wildman–Crippen LogP) is 1.09. The van der Waals surface area contributed by atoms with Crippen LogP contribution in [0.3, 0.4) is 0 Å². The molecule has 1 unspecified atom stereocenters. The summed E-state index contributed by atoms with van der Waals surface area (Å²) >= 11 is 0. The van der Waals surface area contributed by atoms with Crippen molar-refractivity contribution in [1.29, 1.82) is 0 Å². The van der Waals surface area contributed by atoms with Crippen LogP contribution in [-0.2, 0) is 14.4 Å². The summed E-state index contributed by atoms with van der Waals surface area (Å²) < 4.78 is 1.59. The number of hydrogen-bond donors (Lipinski definition) is 3. The Hall–Kier alpha value is -3.34. The molecule has 1 aliphatic heterocycles. The third-order valence-corrected chi connectivity index (χ3v) is 6.64. The lowest BCUT2D eigenvalue weighted by Gasteiger charge is -2.34. The van der Waals surface area contributed by atoms with Gasteiger partial charge >= 0.3 is 0 Å². The molecule has 4 rings (SSSR count). The summed E-state index contributed by atoms with van der Waals surface area (Å²) in [4.78, 5) is 44.8.